The SMILES string of the molecule is C=CCc1cccc(C2C3=CCC4C(=O)N(c5ccc([N+](=O)[O-])cc5)C(=O)C4C3CC3C(=O)N(Nc4ccc(Cl)cc4Cl)C(=O)C32c2ccc(OC)cc2)c1O. The second kappa shape index (κ2) is 13.9. The number of phenols is 1. The summed E-state index contributed by atoms with van der Waals surface area (Å²) in [6.07, 6.45) is 3.99. The third-order valence-corrected chi connectivity index (χ3v) is 12.3. The first-order valence-corrected chi connectivity index (χ1v) is 18.7. The van der Waals surface area contributed by atoms with Crippen molar-refractivity contribution in [2.24, 2.45) is 23.7 Å². The number of nitrogens with one attached hydrogen (secondary N) is 1. The Balaban J connectivity index is 1.33. The molecule has 0 aromatic heterocycles. The van der Waals surface area contributed by atoms with Crippen molar-refractivity contribution >= 4 is 63.9 Å². The number of rotatable bonds is 9. The molecule has 4 amide bonds. The number of aromatic hydroxyl groups is 1. The van der Waals surface area contributed by atoms with Crippen LogP contribution in [0.15, 0.2) is 109 Å². The van der Waals surface area contributed by atoms with Crippen LogP contribution in [0.25, 0.3) is 0 Å². The summed E-state index contributed by atoms with van der Waals surface area (Å²) in [5.41, 5.74) is 3.58. The topological polar surface area (TPSA) is 159 Å². The van der Waals surface area contributed by atoms with E-state index in [1.54, 1.807) is 60.7 Å². The predicted molar refractivity (Wildman–Crippen MR) is 208 cm³/mol. The number of carbonyl (C=O) groups is 4. The lowest BCUT2D eigenvalue weighted by atomic mass is 9.49. The molecule has 4 aromatic rings. The Morgan fingerprint density at radius 3 is 2.38 bits per heavy atom. The number of nitro benzene ring substituents is 1. The lowest BCUT2D eigenvalue weighted by Gasteiger charge is -2.50. The summed E-state index contributed by atoms with van der Waals surface area (Å²) in [6.45, 7) is 3.84. The summed E-state index contributed by atoms with van der Waals surface area (Å²) in [7, 11) is 1.52. The zero-order chi connectivity index (χ0) is 39.6. The first-order chi connectivity index (χ1) is 26.9. The third-order valence-electron chi connectivity index (χ3n) is 11.7. The third kappa shape index (κ3) is 5.49. The average molecular weight is 794 g/mol. The largest absolute Gasteiger partial charge is 0.507 e. The number of benzene rings is 4. The number of imide groups is 2. The summed E-state index contributed by atoms with van der Waals surface area (Å²) in [5.74, 6) is -6.27. The van der Waals surface area contributed by atoms with Crippen LogP contribution in [0.3, 0.4) is 0 Å². The van der Waals surface area contributed by atoms with Crippen LogP contribution in [0, 0.1) is 33.8 Å². The van der Waals surface area contributed by atoms with Gasteiger partial charge in [-0.3, -0.25) is 39.6 Å². The van der Waals surface area contributed by atoms with Crippen LogP contribution >= 0.6 is 23.2 Å². The standard InChI is InChI=1S/C42H34Cl2N4O8/c1-3-5-22-6-4-7-30(37(22)49)36-28-17-18-29-35(40(52)46(38(29)50)25-11-13-26(14-12-25)48(54)55)31(28)21-32-39(51)47(45-34-19-10-24(43)20-33(34)44)41(53)42(32,36)23-8-15-27(56-2)16-9-23/h3-4,6-17,19-20,29,31-32,35-36,45,49H,1,5,18,21H2,2H3. The number of nitro groups is 1. The van der Waals surface area contributed by atoms with Gasteiger partial charge in [0.2, 0.25) is 11.8 Å². The maximum absolute atomic E-state index is 15.5. The van der Waals surface area contributed by atoms with E-state index in [-0.39, 0.29) is 40.7 Å². The van der Waals surface area contributed by atoms with Gasteiger partial charge in [0.15, 0.2) is 0 Å². The Bertz CT molecular complexity index is 2380. The van der Waals surface area contributed by atoms with E-state index in [1.165, 1.54) is 37.4 Å². The van der Waals surface area contributed by atoms with E-state index in [9.17, 15) is 29.6 Å². The number of nitrogens with zero attached hydrogens (tertiary/aromatic N) is 3. The lowest BCUT2D eigenvalue weighted by molar-refractivity contribution is -0.384. The molecular weight excluding hydrogens is 759 g/mol. The second-order valence-corrected chi connectivity index (χ2v) is 15.2. The molecule has 2 saturated heterocycles. The van der Waals surface area contributed by atoms with E-state index < -0.39 is 63.6 Å². The Hall–Kier alpha value is -5.98. The zero-order valence-corrected chi connectivity index (χ0v) is 31.4. The van der Waals surface area contributed by atoms with Gasteiger partial charge in [0, 0.05) is 28.6 Å². The van der Waals surface area contributed by atoms with Gasteiger partial charge in [0.1, 0.15) is 11.5 Å². The van der Waals surface area contributed by atoms with E-state index in [0.29, 0.717) is 39.5 Å². The highest BCUT2D eigenvalue weighted by molar-refractivity contribution is 6.36. The normalized spacial score (nSPS) is 25.3. The molecule has 4 aliphatic rings. The molecule has 6 unspecified atom stereocenters. The van der Waals surface area contributed by atoms with Crippen molar-refractivity contribution in [3.63, 3.8) is 0 Å². The first kappa shape index (κ1) is 37.0. The van der Waals surface area contributed by atoms with Gasteiger partial charge in [-0.1, -0.05) is 71.3 Å². The molecule has 2 aliphatic carbocycles. The number of non-ortho nitro benzene ring substituents is 1. The number of amides is 4. The molecule has 1 saturated carbocycles. The van der Waals surface area contributed by atoms with Gasteiger partial charge in [0.25, 0.3) is 17.5 Å². The molecular formula is C42H34Cl2N4O8. The zero-order valence-electron chi connectivity index (χ0n) is 29.9. The number of fused-ring (bicyclic) bond motifs is 4. The van der Waals surface area contributed by atoms with Gasteiger partial charge in [0.05, 0.1) is 51.6 Å². The van der Waals surface area contributed by atoms with Crippen molar-refractivity contribution in [1.29, 1.82) is 0 Å². The quantitative estimate of drug-likeness (QED) is 0.0756. The molecule has 3 fully saturated rings. The molecule has 2 N–H and O–H groups in total. The number of hydrogen-bond donors (Lipinski definition) is 2. The van der Waals surface area contributed by atoms with E-state index in [4.69, 9.17) is 27.9 Å². The summed E-state index contributed by atoms with van der Waals surface area (Å²) < 4.78 is 5.46. The smallest absolute Gasteiger partial charge is 0.269 e. The van der Waals surface area contributed by atoms with Crippen LogP contribution in [0.2, 0.25) is 10.0 Å². The molecule has 12 nitrogen and oxygen atoms in total. The molecule has 56 heavy (non-hydrogen) atoms. The summed E-state index contributed by atoms with van der Waals surface area (Å²) in [6, 6.07) is 21.9. The number of anilines is 2. The minimum absolute atomic E-state index is 0.00681. The van der Waals surface area contributed by atoms with E-state index in [0.717, 1.165) is 9.91 Å². The maximum Gasteiger partial charge on any atom is 0.269 e. The first-order valence-electron chi connectivity index (χ1n) is 17.9. The molecule has 284 valence electrons. The Morgan fingerprint density at radius 2 is 1.71 bits per heavy atom. The van der Waals surface area contributed by atoms with E-state index >= 15 is 4.79 Å². The lowest BCUT2D eigenvalue weighted by Crippen LogP contribution is -2.53. The summed E-state index contributed by atoms with van der Waals surface area (Å²) in [4.78, 5) is 71.0. The van der Waals surface area contributed by atoms with Crippen molar-refractivity contribution < 1.29 is 33.9 Å². The fraction of sp³-hybridized carbons (Fsp3) is 0.238. The average Bonchev–Trinajstić information content (AvgIpc) is 3.57. The number of carbonyl (C=O) groups excluding carboxylic acids is 4. The van der Waals surface area contributed by atoms with Crippen LogP contribution in [-0.4, -0.2) is 45.8 Å². The van der Waals surface area contributed by atoms with Gasteiger partial charge in [-0.05, 0) is 78.8 Å². The van der Waals surface area contributed by atoms with Crippen molar-refractivity contribution in [2.45, 2.75) is 30.6 Å². The maximum atomic E-state index is 15.5. The minimum Gasteiger partial charge on any atom is -0.507 e. The molecule has 0 bridgehead atoms. The van der Waals surface area contributed by atoms with Crippen molar-refractivity contribution in [3.05, 3.63) is 146 Å². The number of halogens is 2. The van der Waals surface area contributed by atoms with Gasteiger partial charge < -0.3 is 9.84 Å². The van der Waals surface area contributed by atoms with Gasteiger partial charge in [-0.2, -0.15) is 5.01 Å². The van der Waals surface area contributed by atoms with Crippen molar-refractivity contribution in [2.75, 3.05) is 17.4 Å². The number of allylic oxidation sites excluding steroid dienone is 3. The number of hydrazine groups is 1. The van der Waals surface area contributed by atoms with Gasteiger partial charge in [-0.25, -0.2) is 0 Å². The molecule has 14 heteroatoms. The van der Waals surface area contributed by atoms with Crippen LogP contribution in [0.4, 0.5) is 17.1 Å². The summed E-state index contributed by atoms with van der Waals surface area (Å²) in [5, 5.41) is 24.9. The molecule has 4 aromatic carbocycles. The number of hydrogen-bond acceptors (Lipinski definition) is 9. The minimum atomic E-state index is -1.67. The number of methoxy groups -OCH3 is 1. The second-order valence-electron chi connectivity index (χ2n) is 14.3. The van der Waals surface area contributed by atoms with Crippen LogP contribution < -0.4 is 15.1 Å². The monoisotopic (exact) mass is 792 g/mol. The Labute approximate surface area is 331 Å². The number of ether oxygens (including phenoxy) is 1. The van der Waals surface area contributed by atoms with Crippen LogP contribution in [-0.2, 0) is 31.0 Å². The molecule has 2 aliphatic heterocycles. The Morgan fingerprint density at radius 1 is 0.982 bits per heavy atom. The molecule has 2 heterocycles. The van der Waals surface area contributed by atoms with E-state index in [2.05, 4.69) is 12.0 Å². The highest BCUT2D eigenvalue weighted by Gasteiger charge is 2.70. The van der Waals surface area contributed by atoms with Crippen molar-refractivity contribution in [1.82, 2.24) is 5.01 Å². The van der Waals surface area contributed by atoms with Crippen LogP contribution in [0.1, 0.15) is 35.4 Å². The highest BCUT2D eigenvalue weighted by atomic mass is 35.5. The van der Waals surface area contributed by atoms with E-state index in [1.807, 2.05) is 6.08 Å². The molecule has 8 rings (SSSR count). The number of phenolic OH excluding ortho intramolecular Hbond substituents is 1. The van der Waals surface area contributed by atoms with Gasteiger partial charge in [-0.15, -0.1) is 6.58 Å². The van der Waals surface area contributed by atoms with Crippen molar-refractivity contribution in [3.8, 4) is 11.5 Å². The number of para-hydroxylation sites is 1. The fourth-order valence-electron chi connectivity index (χ4n) is 9.33. The fourth-order valence-corrected chi connectivity index (χ4v) is 9.78. The summed E-state index contributed by atoms with van der Waals surface area (Å²) >= 11 is 12.7. The predicted octanol–water partition coefficient (Wildman–Crippen LogP) is 7.53. The highest BCUT2D eigenvalue weighted by Crippen LogP contribution is 2.65. The van der Waals surface area contributed by atoms with Gasteiger partial charge >= 0.3 is 0 Å². The Kier molecular flexibility index (Phi) is 9.21. The molecule has 0 spiro atoms. The van der Waals surface area contributed by atoms with Crippen LogP contribution in [0.5, 0.6) is 11.5 Å². The molecule has 0 radical (unpaired) electrons. The molecule has 6 atom stereocenters.